The highest BCUT2D eigenvalue weighted by Gasteiger charge is 2.31. The molecular formula is C20H20ClN5O2S. The molecule has 0 radical (unpaired) electrons. The minimum atomic E-state index is -3.24. The van der Waals surface area contributed by atoms with Crippen LogP contribution in [-0.4, -0.2) is 41.6 Å². The topological polar surface area (TPSA) is 85.6 Å². The van der Waals surface area contributed by atoms with Gasteiger partial charge < -0.3 is 10.3 Å². The number of benzene rings is 1. The molecule has 0 bridgehead atoms. The number of nitrogens with zero attached hydrogens (tertiary/aromatic N) is 4. The van der Waals surface area contributed by atoms with Gasteiger partial charge in [-0.1, -0.05) is 11.6 Å². The third-order valence-corrected chi connectivity index (χ3v) is 7.15. The molecule has 150 valence electrons. The van der Waals surface area contributed by atoms with E-state index >= 15 is 0 Å². The number of anilines is 1. The molecule has 1 aliphatic rings. The first kappa shape index (κ1) is 19.7. The van der Waals surface area contributed by atoms with Crippen LogP contribution in [-0.2, 0) is 10.0 Å². The number of sulfonamides is 1. The Morgan fingerprint density at radius 1 is 1.31 bits per heavy atom. The van der Waals surface area contributed by atoms with Crippen LogP contribution < -0.4 is 5.73 Å². The van der Waals surface area contributed by atoms with Crippen molar-refractivity contribution in [3.8, 4) is 11.1 Å². The van der Waals surface area contributed by atoms with Crippen LogP contribution in [0.2, 0.25) is 5.02 Å². The van der Waals surface area contributed by atoms with Crippen molar-refractivity contribution in [3.63, 3.8) is 0 Å². The van der Waals surface area contributed by atoms with Crippen molar-refractivity contribution in [1.82, 2.24) is 13.9 Å². The smallest absolute Gasteiger partial charge is 0.211 e. The zero-order valence-electron chi connectivity index (χ0n) is 16.1. The summed E-state index contributed by atoms with van der Waals surface area (Å²) >= 11 is 6.46. The van der Waals surface area contributed by atoms with E-state index in [9.17, 15) is 8.42 Å². The summed E-state index contributed by atoms with van der Waals surface area (Å²) in [7, 11) is -3.24. The largest absolute Gasteiger partial charge is 0.396 e. The van der Waals surface area contributed by atoms with E-state index < -0.39 is 10.0 Å². The van der Waals surface area contributed by atoms with Gasteiger partial charge in [0.05, 0.1) is 29.7 Å². The van der Waals surface area contributed by atoms with Gasteiger partial charge in [0.25, 0.3) is 0 Å². The average molecular weight is 430 g/mol. The maximum absolute atomic E-state index is 12.0. The monoisotopic (exact) mass is 429 g/mol. The van der Waals surface area contributed by atoms with Gasteiger partial charge in [-0.05, 0) is 36.4 Å². The Labute approximate surface area is 174 Å². The quantitative estimate of drug-likeness (QED) is 0.637. The molecular weight excluding hydrogens is 410 g/mol. The SMILES string of the molecule is [C-]#[N+]c1cc2c(-c3cncc(N)c3Cl)cn(C3CCN(S(C)(=O)=O)C3)c2cc1C. The maximum atomic E-state index is 12.0. The summed E-state index contributed by atoms with van der Waals surface area (Å²) in [5.41, 5.74) is 10.2. The fourth-order valence-corrected chi connectivity index (χ4v) is 4.99. The number of halogens is 1. The molecule has 1 aliphatic heterocycles. The molecule has 1 atom stereocenters. The Hall–Kier alpha value is -2.60. The van der Waals surface area contributed by atoms with Gasteiger partial charge >= 0.3 is 0 Å². The summed E-state index contributed by atoms with van der Waals surface area (Å²) in [5.74, 6) is 0. The van der Waals surface area contributed by atoms with E-state index in [1.54, 1.807) is 6.20 Å². The highest BCUT2D eigenvalue weighted by atomic mass is 35.5. The Morgan fingerprint density at radius 3 is 2.72 bits per heavy atom. The second-order valence-corrected chi connectivity index (χ2v) is 9.73. The molecule has 0 amide bonds. The van der Waals surface area contributed by atoms with Gasteiger partial charge in [0.15, 0.2) is 5.69 Å². The van der Waals surface area contributed by atoms with Gasteiger partial charge in [-0.2, -0.15) is 0 Å². The van der Waals surface area contributed by atoms with E-state index in [-0.39, 0.29) is 6.04 Å². The summed E-state index contributed by atoms with van der Waals surface area (Å²) in [5, 5.41) is 1.28. The second-order valence-electron chi connectivity index (χ2n) is 7.37. The number of pyridine rings is 1. The molecule has 0 aliphatic carbocycles. The number of hydrogen-bond acceptors (Lipinski definition) is 4. The van der Waals surface area contributed by atoms with Crippen molar-refractivity contribution in [2.75, 3.05) is 25.1 Å². The van der Waals surface area contributed by atoms with E-state index in [0.717, 1.165) is 22.0 Å². The van der Waals surface area contributed by atoms with Crippen LogP contribution in [0.25, 0.3) is 26.9 Å². The summed E-state index contributed by atoms with van der Waals surface area (Å²) in [6.07, 6.45) is 7.08. The van der Waals surface area contributed by atoms with Crippen molar-refractivity contribution in [3.05, 3.63) is 52.7 Å². The first-order valence-electron chi connectivity index (χ1n) is 9.08. The zero-order valence-corrected chi connectivity index (χ0v) is 17.6. The van der Waals surface area contributed by atoms with Crippen molar-refractivity contribution >= 4 is 43.9 Å². The van der Waals surface area contributed by atoms with E-state index in [1.807, 2.05) is 25.3 Å². The van der Waals surface area contributed by atoms with Crippen LogP contribution in [0.5, 0.6) is 0 Å². The fraction of sp³-hybridized carbons (Fsp3) is 0.300. The van der Waals surface area contributed by atoms with Gasteiger partial charge in [0, 0.05) is 48.2 Å². The standard InChI is InChI=1S/C20H20ClN5O2S/c1-12-6-19-14(7-18(12)23-2)16(15-8-24-9-17(22)20(15)21)11-26(19)13-4-5-25(10-13)29(3,27)28/h6-9,11,13H,4-5,10,22H2,1,3H3. The molecule has 7 nitrogen and oxygen atoms in total. The fourth-order valence-electron chi connectivity index (χ4n) is 3.91. The third-order valence-electron chi connectivity index (χ3n) is 5.46. The minimum Gasteiger partial charge on any atom is -0.396 e. The molecule has 0 spiro atoms. The lowest BCUT2D eigenvalue weighted by Gasteiger charge is -2.16. The lowest BCUT2D eigenvalue weighted by atomic mass is 10.0. The normalized spacial score (nSPS) is 17.7. The number of aromatic nitrogens is 2. The Balaban J connectivity index is 1.94. The molecule has 9 heteroatoms. The summed E-state index contributed by atoms with van der Waals surface area (Å²) in [6, 6.07) is 3.82. The first-order valence-corrected chi connectivity index (χ1v) is 11.3. The van der Waals surface area contributed by atoms with Crippen molar-refractivity contribution in [1.29, 1.82) is 0 Å². The number of rotatable bonds is 3. The molecule has 0 saturated carbocycles. The highest BCUT2D eigenvalue weighted by Crippen LogP contribution is 2.41. The Bertz CT molecular complexity index is 1280. The molecule has 3 heterocycles. The van der Waals surface area contributed by atoms with Crippen LogP contribution in [0, 0.1) is 13.5 Å². The lowest BCUT2D eigenvalue weighted by molar-refractivity contribution is 0.460. The van der Waals surface area contributed by atoms with E-state index in [4.69, 9.17) is 23.9 Å². The van der Waals surface area contributed by atoms with Crippen molar-refractivity contribution in [2.45, 2.75) is 19.4 Å². The molecule has 29 heavy (non-hydrogen) atoms. The van der Waals surface area contributed by atoms with E-state index in [1.165, 1.54) is 16.8 Å². The number of nitrogen functional groups attached to an aromatic ring is 1. The molecule has 4 rings (SSSR count). The molecule has 2 N–H and O–H groups in total. The Morgan fingerprint density at radius 2 is 2.07 bits per heavy atom. The summed E-state index contributed by atoms with van der Waals surface area (Å²) in [4.78, 5) is 7.80. The predicted octanol–water partition coefficient (Wildman–Crippen LogP) is 4.00. The maximum Gasteiger partial charge on any atom is 0.211 e. The average Bonchev–Trinajstić information content (AvgIpc) is 3.28. The molecule has 1 aromatic carbocycles. The van der Waals surface area contributed by atoms with Crippen molar-refractivity contribution < 1.29 is 8.42 Å². The molecule has 1 saturated heterocycles. The number of hydrogen-bond donors (Lipinski definition) is 1. The summed E-state index contributed by atoms with van der Waals surface area (Å²) in [6.45, 7) is 10.3. The van der Waals surface area contributed by atoms with Crippen LogP contribution in [0.1, 0.15) is 18.0 Å². The van der Waals surface area contributed by atoms with E-state index in [2.05, 4.69) is 14.4 Å². The lowest BCUT2D eigenvalue weighted by Crippen LogP contribution is -2.27. The van der Waals surface area contributed by atoms with Gasteiger partial charge in [-0.3, -0.25) is 4.98 Å². The number of fused-ring (bicyclic) bond motifs is 1. The first-order chi connectivity index (χ1) is 13.7. The van der Waals surface area contributed by atoms with Crippen molar-refractivity contribution in [2.24, 2.45) is 0 Å². The molecule has 1 fully saturated rings. The van der Waals surface area contributed by atoms with Crippen LogP contribution in [0.3, 0.4) is 0 Å². The van der Waals surface area contributed by atoms with Crippen LogP contribution in [0.15, 0.2) is 30.7 Å². The van der Waals surface area contributed by atoms with Gasteiger partial charge in [-0.25, -0.2) is 17.6 Å². The highest BCUT2D eigenvalue weighted by molar-refractivity contribution is 7.88. The summed E-state index contributed by atoms with van der Waals surface area (Å²) < 4.78 is 27.5. The van der Waals surface area contributed by atoms with Gasteiger partial charge in [0.2, 0.25) is 10.0 Å². The number of nitrogens with two attached hydrogens (primary N) is 1. The molecule has 1 unspecified atom stereocenters. The zero-order chi connectivity index (χ0) is 20.9. The second kappa shape index (κ2) is 7.02. The Kier molecular flexibility index (Phi) is 4.77. The van der Waals surface area contributed by atoms with Gasteiger partial charge in [0.1, 0.15) is 0 Å². The minimum absolute atomic E-state index is 0.00745. The third kappa shape index (κ3) is 3.35. The van der Waals surface area contributed by atoms with Crippen LogP contribution >= 0.6 is 11.6 Å². The van der Waals surface area contributed by atoms with Gasteiger partial charge in [-0.15, -0.1) is 0 Å². The molecule has 2 aromatic heterocycles. The van der Waals surface area contributed by atoms with E-state index in [0.29, 0.717) is 41.5 Å². The van der Waals surface area contributed by atoms with Crippen LogP contribution in [0.4, 0.5) is 11.4 Å². The predicted molar refractivity (Wildman–Crippen MR) is 116 cm³/mol. The molecule has 3 aromatic rings. The number of aryl methyl sites for hydroxylation is 1.